The summed E-state index contributed by atoms with van der Waals surface area (Å²) in [6, 6.07) is 2.39. The molecule has 3 aromatic rings. The molecule has 7 nitrogen and oxygen atoms in total. The molecule has 0 atom stereocenters. The van der Waals surface area contributed by atoms with Gasteiger partial charge < -0.3 is 14.6 Å². The average molecular weight is 296 g/mol. The van der Waals surface area contributed by atoms with Crippen LogP contribution in [0, 0.1) is 0 Å². The summed E-state index contributed by atoms with van der Waals surface area (Å²) < 4.78 is 7.46. The number of pyridine rings is 1. The Hall–Kier alpha value is -2.70. The van der Waals surface area contributed by atoms with Crippen molar-refractivity contribution in [3.63, 3.8) is 0 Å². The molecule has 3 heterocycles. The topological polar surface area (TPSA) is 77.8 Å². The van der Waals surface area contributed by atoms with Gasteiger partial charge >= 0.3 is 0 Å². The van der Waals surface area contributed by atoms with Crippen LogP contribution >= 0.6 is 0 Å². The van der Waals surface area contributed by atoms with Crippen molar-refractivity contribution in [2.75, 3.05) is 12.4 Å². The van der Waals surface area contributed by atoms with Gasteiger partial charge in [0.2, 0.25) is 0 Å². The maximum absolute atomic E-state index is 5.33. The quantitative estimate of drug-likeness (QED) is 0.777. The minimum atomic E-state index is 0.547. The van der Waals surface area contributed by atoms with Crippen LogP contribution < -0.4 is 10.1 Å². The van der Waals surface area contributed by atoms with Gasteiger partial charge in [-0.25, -0.2) is 15.0 Å². The van der Waals surface area contributed by atoms with Crippen molar-refractivity contribution in [1.29, 1.82) is 0 Å². The van der Waals surface area contributed by atoms with Crippen LogP contribution in [0.4, 0.5) is 5.82 Å². The molecule has 112 valence electrons. The number of rotatable bonds is 5. The first-order chi connectivity index (χ1) is 10.9. The van der Waals surface area contributed by atoms with Crippen molar-refractivity contribution in [3.05, 3.63) is 36.7 Å². The van der Waals surface area contributed by atoms with Crippen LogP contribution in [-0.4, -0.2) is 31.6 Å². The summed E-state index contributed by atoms with van der Waals surface area (Å²) in [5.41, 5.74) is 2.66. The van der Waals surface area contributed by atoms with Crippen LogP contribution in [0.3, 0.4) is 0 Å². The monoisotopic (exact) mass is 296 g/mol. The maximum Gasteiger partial charge on any atom is 0.165 e. The van der Waals surface area contributed by atoms with Gasteiger partial charge in [-0.15, -0.1) is 0 Å². The molecule has 1 aliphatic carbocycles. The zero-order chi connectivity index (χ0) is 14.9. The molecule has 0 bridgehead atoms. The van der Waals surface area contributed by atoms with Gasteiger partial charge in [0.15, 0.2) is 11.5 Å². The third-order valence-electron chi connectivity index (χ3n) is 3.82. The van der Waals surface area contributed by atoms with Gasteiger partial charge in [-0.1, -0.05) is 0 Å². The Labute approximate surface area is 127 Å². The molecule has 3 aromatic heterocycles. The normalized spacial score (nSPS) is 14.2. The first-order valence-electron chi connectivity index (χ1n) is 7.25. The zero-order valence-corrected chi connectivity index (χ0v) is 12.2. The molecule has 1 saturated carbocycles. The summed E-state index contributed by atoms with van der Waals surface area (Å²) in [5, 5.41) is 3.30. The van der Waals surface area contributed by atoms with Gasteiger partial charge in [-0.2, -0.15) is 0 Å². The number of ether oxygens (including phenoxy) is 1. The van der Waals surface area contributed by atoms with E-state index in [1.165, 1.54) is 12.8 Å². The number of methoxy groups -OCH3 is 1. The molecule has 0 radical (unpaired) electrons. The van der Waals surface area contributed by atoms with Gasteiger partial charge in [0.1, 0.15) is 17.6 Å². The number of aromatic nitrogens is 5. The average Bonchev–Trinajstić information content (AvgIpc) is 3.32. The highest BCUT2D eigenvalue weighted by Gasteiger charge is 2.26. The van der Waals surface area contributed by atoms with E-state index in [-0.39, 0.29) is 0 Å². The molecular formula is C15H16N6O. The minimum Gasteiger partial charge on any atom is -0.496 e. The molecule has 0 amide bonds. The summed E-state index contributed by atoms with van der Waals surface area (Å²) in [7, 11) is 1.65. The van der Waals surface area contributed by atoms with Gasteiger partial charge in [-0.05, 0) is 18.9 Å². The third-order valence-corrected chi connectivity index (χ3v) is 3.82. The lowest BCUT2D eigenvalue weighted by Gasteiger charge is -2.09. The van der Waals surface area contributed by atoms with Crippen LogP contribution in [-0.2, 0) is 6.54 Å². The van der Waals surface area contributed by atoms with E-state index >= 15 is 0 Å². The summed E-state index contributed by atoms with van der Waals surface area (Å²) >= 11 is 0. The molecule has 0 unspecified atom stereocenters. The van der Waals surface area contributed by atoms with Crippen molar-refractivity contribution in [2.24, 2.45) is 0 Å². The highest BCUT2D eigenvalue weighted by Crippen LogP contribution is 2.37. The zero-order valence-electron chi connectivity index (χ0n) is 12.2. The standard InChI is InChI=1S/C15H16N6O/c1-22-12-4-5-16-6-10(12)7-17-14-13-15(19-8-18-14)21(9-20-13)11-2-3-11/h4-6,8-9,11H,2-3,7H2,1H3,(H,17,18,19). The van der Waals surface area contributed by atoms with Crippen molar-refractivity contribution in [1.82, 2.24) is 24.5 Å². The second-order valence-electron chi connectivity index (χ2n) is 5.32. The first-order valence-corrected chi connectivity index (χ1v) is 7.25. The molecule has 4 rings (SSSR count). The lowest BCUT2D eigenvalue weighted by atomic mass is 10.2. The maximum atomic E-state index is 5.33. The van der Waals surface area contributed by atoms with E-state index in [2.05, 4.69) is 29.8 Å². The molecule has 1 N–H and O–H groups in total. The molecule has 0 aromatic carbocycles. The van der Waals surface area contributed by atoms with E-state index < -0.39 is 0 Å². The molecule has 1 fully saturated rings. The number of nitrogens with zero attached hydrogens (tertiary/aromatic N) is 5. The Bertz CT molecular complexity index is 811. The number of nitrogens with one attached hydrogen (secondary N) is 1. The Balaban J connectivity index is 1.61. The molecule has 1 aliphatic rings. The number of hydrogen-bond acceptors (Lipinski definition) is 6. The number of imidazole rings is 1. The fourth-order valence-corrected chi connectivity index (χ4v) is 2.53. The molecule has 7 heteroatoms. The summed E-state index contributed by atoms with van der Waals surface area (Å²) in [6.07, 6.45) is 9.32. The van der Waals surface area contributed by atoms with Crippen LogP contribution in [0.2, 0.25) is 0 Å². The predicted molar refractivity (Wildman–Crippen MR) is 81.7 cm³/mol. The number of fused-ring (bicyclic) bond motifs is 1. The van der Waals surface area contributed by atoms with Gasteiger partial charge in [0.25, 0.3) is 0 Å². The third kappa shape index (κ3) is 2.24. The number of anilines is 1. The van der Waals surface area contributed by atoms with E-state index in [4.69, 9.17) is 4.74 Å². The van der Waals surface area contributed by atoms with E-state index in [0.29, 0.717) is 12.6 Å². The Morgan fingerprint density at radius 3 is 3.05 bits per heavy atom. The van der Waals surface area contributed by atoms with Crippen molar-refractivity contribution >= 4 is 17.0 Å². The van der Waals surface area contributed by atoms with E-state index in [1.807, 2.05) is 12.4 Å². The number of hydrogen-bond donors (Lipinski definition) is 1. The molecule has 0 saturated heterocycles. The molecular weight excluding hydrogens is 280 g/mol. The second-order valence-corrected chi connectivity index (χ2v) is 5.32. The van der Waals surface area contributed by atoms with Gasteiger partial charge in [0, 0.05) is 30.5 Å². The minimum absolute atomic E-state index is 0.547. The SMILES string of the molecule is COc1ccncc1CNc1ncnc2c1ncn2C1CC1. The largest absolute Gasteiger partial charge is 0.496 e. The van der Waals surface area contributed by atoms with E-state index in [9.17, 15) is 0 Å². The van der Waals surface area contributed by atoms with Crippen LogP contribution in [0.15, 0.2) is 31.1 Å². The predicted octanol–water partition coefficient (Wildman–Crippen LogP) is 2.18. The lowest BCUT2D eigenvalue weighted by Crippen LogP contribution is -2.05. The van der Waals surface area contributed by atoms with E-state index in [1.54, 1.807) is 25.8 Å². The highest BCUT2D eigenvalue weighted by atomic mass is 16.5. The Kier molecular flexibility index (Phi) is 3.10. The van der Waals surface area contributed by atoms with Crippen LogP contribution in [0.5, 0.6) is 5.75 Å². The lowest BCUT2D eigenvalue weighted by molar-refractivity contribution is 0.409. The fourth-order valence-electron chi connectivity index (χ4n) is 2.53. The highest BCUT2D eigenvalue weighted by molar-refractivity contribution is 5.82. The fraction of sp³-hybridized carbons (Fsp3) is 0.333. The molecule has 22 heavy (non-hydrogen) atoms. The smallest absolute Gasteiger partial charge is 0.165 e. The Morgan fingerprint density at radius 1 is 1.32 bits per heavy atom. The summed E-state index contributed by atoms with van der Waals surface area (Å²) in [5.74, 6) is 1.53. The van der Waals surface area contributed by atoms with Gasteiger partial charge in [0.05, 0.1) is 13.4 Å². The van der Waals surface area contributed by atoms with Crippen LogP contribution in [0.1, 0.15) is 24.4 Å². The first kappa shape index (κ1) is 13.0. The van der Waals surface area contributed by atoms with E-state index in [0.717, 1.165) is 28.3 Å². The van der Waals surface area contributed by atoms with Crippen molar-refractivity contribution in [2.45, 2.75) is 25.4 Å². The van der Waals surface area contributed by atoms with Crippen molar-refractivity contribution in [3.8, 4) is 5.75 Å². The van der Waals surface area contributed by atoms with Crippen molar-refractivity contribution < 1.29 is 4.74 Å². The summed E-state index contributed by atoms with van der Waals surface area (Å²) in [6.45, 7) is 0.569. The summed E-state index contributed by atoms with van der Waals surface area (Å²) in [4.78, 5) is 17.3. The molecule has 0 spiro atoms. The van der Waals surface area contributed by atoms with Crippen LogP contribution in [0.25, 0.3) is 11.2 Å². The van der Waals surface area contributed by atoms with Gasteiger partial charge in [-0.3, -0.25) is 4.98 Å². The Morgan fingerprint density at radius 2 is 2.23 bits per heavy atom. The molecule has 0 aliphatic heterocycles. The second kappa shape index (κ2) is 5.25.